The second-order valence-electron chi connectivity index (χ2n) is 4.93. The molecule has 1 aromatic carbocycles. The van der Waals surface area contributed by atoms with Crippen LogP contribution in [0.3, 0.4) is 0 Å². The van der Waals surface area contributed by atoms with Crippen molar-refractivity contribution in [2.45, 2.75) is 56.8 Å². The minimum atomic E-state index is -0.173. The standard InChI is InChI=1S/C17H27NS/c1-4-5-6-7-8-10-13-16(2)18-19(3)17-14-11-9-12-15-17/h9,11-12,14-15,18H,2-8,10,13H2,1H3. The zero-order valence-electron chi connectivity index (χ0n) is 12.2. The lowest BCUT2D eigenvalue weighted by molar-refractivity contribution is 0.604. The Balaban J connectivity index is 2.16. The molecular weight excluding hydrogens is 250 g/mol. The fraction of sp³-hybridized carbons (Fsp3) is 0.471. The summed E-state index contributed by atoms with van der Waals surface area (Å²) in [6, 6.07) is 10.4. The smallest absolute Gasteiger partial charge is 0.0203 e. The van der Waals surface area contributed by atoms with Gasteiger partial charge in [0, 0.05) is 10.6 Å². The van der Waals surface area contributed by atoms with Crippen LogP contribution in [0.4, 0.5) is 0 Å². The summed E-state index contributed by atoms with van der Waals surface area (Å²) in [6.07, 6.45) is 9.04. The lowest BCUT2D eigenvalue weighted by atomic mass is 10.1. The summed E-state index contributed by atoms with van der Waals surface area (Å²) in [4.78, 5) is 1.24. The first-order chi connectivity index (χ1) is 9.24. The van der Waals surface area contributed by atoms with Crippen LogP contribution in [0.2, 0.25) is 0 Å². The number of benzene rings is 1. The van der Waals surface area contributed by atoms with Crippen molar-refractivity contribution in [1.82, 2.24) is 4.72 Å². The molecule has 0 aliphatic rings. The number of hydrogen-bond donors (Lipinski definition) is 1. The Hall–Kier alpha value is -1.02. The van der Waals surface area contributed by atoms with Crippen LogP contribution in [0.15, 0.2) is 47.5 Å². The van der Waals surface area contributed by atoms with Gasteiger partial charge in [0.15, 0.2) is 0 Å². The van der Waals surface area contributed by atoms with E-state index in [-0.39, 0.29) is 10.7 Å². The molecule has 0 heterocycles. The summed E-state index contributed by atoms with van der Waals surface area (Å²) < 4.78 is 3.42. The predicted molar refractivity (Wildman–Crippen MR) is 89.7 cm³/mol. The SMILES string of the molecule is C=C(CCCCCCCC)NS(=C)c1ccccc1. The molecule has 1 aromatic rings. The Morgan fingerprint density at radius 2 is 1.68 bits per heavy atom. The fourth-order valence-electron chi connectivity index (χ4n) is 1.99. The molecule has 0 saturated carbocycles. The van der Waals surface area contributed by atoms with Gasteiger partial charge in [-0.3, -0.25) is 0 Å². The average Bonchev–Trinajstić information content (AvgIpc) is 2.43. The summed E-state index contributed by atoms with van der Waals surface area (Å²) in [7, 11) is -0.173. The lowest BCUT2D eigenvalue weighted by Crippen LogP contribution is -2.04. The van der Waals surface area contributed by atoms with Gasteiger partial charge in [0.05, 0.1) is 0 Å². The molecule has 0 radical (unpaired) electrons. The van der Waals surface area contributed by atoms with E-state index in [0.29, 0.717) is 0 Å². The highest BCUT2D eigenvalue weighted by Crippen LogP contribution is 2.22. The quantitative estimate of drug-likeness (QED) is 0.439. The highest BCUT2D eigenvalue weighted by molar-refractivity contribution is 8.12. The molecule has 1 N–H and O–H groups in total. The van der Waals surface area contributed by atoms with Crippen LogP contribution in [0.5, 0.6) is 0 Å². The molecule has 0 aromatic heterocycles. The molecule has 1 atom stereocenters. The summed E-state index contributed by atoms with van der Waals surface area (Å²) in [5.41, 5.74) is 1.12. The second kappa shape index (κ2) is 9.85. The largest absolute Gasteiger partial charge is 0.336 e. The number of hydrogen-bond acceptors (Lipinski definition) is 1. The van der Waals surface area contributed by atoms with Crippen molar-refractivity contribution in [3.63, 3.8) is 0 Å². The average molecular weight is 277 g/mol. The molecule has 0 amide bonds. The number of allylic oxidation sites excluding steroid dienone is 1. The van der Waals surface area contributed by atoms with Crippen LogP contribution < -0.4 is 4.72 Å². The van der Waals surface area contributed by atoms with Crippen molar-refractivity contribution in [3.05, 3.63) is 42.6 Å². The Labute approximate surface area is 121 Å². The van der Waals surface area contributed by atoms with Gasteiger partial charge < -0.3 is 4.72 Å². The highest BCUT2D eigenvalue weighted by Gasteiger charge is 1.98. The van der Waals surface area contributed by atoms with Gasteiger partial charge >= 0.3 is 0 Å². The van der Waals surface area contributed by atoms with E-state index in [4.69, 9.17) is 0 Å². The molecule has 19 heavy (non-hydrogen) atoms. The molecule has 0 fully saturated rings. The van der Waals surface area contributed by atoms with E-state index in [0.717, 1.165) is 12.1 Å². The lowest BCUT2D eigenvalue weighted by Gasteiger charge is -2.13. The highest BCUT2D eigenvalue weighted by atomic mass is 32.2. The van der Waals surface area contributed by atoms with E-state index in [1.165, 1.54) is 43.4 Å². The third-order valence-electron chi connectivity index (χ3n) is 3.13. The minimum Gasteiger partial charge on any atom is -0.336 e. The molecular formula is C17H27NS. The first kappa shape index (κ1) is 16.0. The molecule has 0 aliphatic carbocycles. The number of unbranched alkanes of at least 4 members (excludes halogenated alkanes) is 5. The van der Waals surface area contributed by atoms with Gasteiger partial charge in [-0.25, -0.2) is 0 Å². The van der Waals surface area contributed by atoms with Gasteiger partial charge in [-0.05, 0) is 25.0 Å². The first-order valence-corrected chi connectivity index (χ1v) is 8.67. The Morgan fingerprint density at radius 1 is 1.05 bits per heavy atom. The fourth-order valence-corrected chi connectivity index (χ4v) is 3.04. The normalized spacial score (nSPS) is 12.1. The monoisotopic (exact) mass is 277 g/mol. The molecule has 1 unspecified atom stereocenters. The van der Waals surface area contributed by atoms with Gasteiger partial charge in [-0.1, -0.05) is 80.3 Å². The zero-order chi connectivity index (χ0) is 13.9. The topological polar surface area (TPSA) is 12.0 Å². The van der Waals surface area contributed by atoms with Gasteiger partial charge in [-0.2, -0.15) is 0 Å². The minimum absolute atomic E-state index is 0.173. The van der Waals surface area contributed by atoms with Gasteiger partial charge in [0.1, 0.15) is 0 Å². The van der Waals surface area contributed by atoms with Crippen molar-refractivity contribution in [2.75, 3.05) is 0 Å². The summed E-state index contributed by atoms with van der Waals surface area (Å²) in [5.74, 6) is 4.17. The van der Waals surface area contributed by atoms with Crippen LogP contribution in [0, 0.1) is 0 Å². The van der Waals surface area contributed by atoms with Gasteiger partial charge in [-0.15, -0.1) is 0 Å². The van der Waals surface area contributed by atoms with E-state index in [9.17, 15) is 0 Å². The third-order valence-corrected chi connectivity index (χ3v) is 4.50. The maximum Gasteiger partial charge on any atom is 0.0203 e. The summed E-state index contributed by atoms with van der Waals surface area (Å²) >= 11 is 0. The van der Waals surface area contributed by atoms with Crippen molar-refractivity contribution >= 4 is 16.5 Å². The second-order valence-corrected chi connectivity index (χ2v) is 6.38. The van der Waals surface area contributed by atoms with Crippen molar-refractivity contribution in [3.8, 4) is 0 Å². The van der Waals surface area contributed by atoms with E-state index < -0.39 is 0 Å². The van der Waals surface area contributed by atoms with E-state index >= 15 is 0 Å². The van der Waals surface area contributed by atoms with Crippen LogP contribution in [0.25, 0.3) is 0 Å². The molecule has 0 saturated heterocycles. The van der Waals surface area contributed by atoms with Crippen LogP contribution in [-0.4, -0.2) is 5.87 Å². The van der Waals surface area contributed by atoms with E-state index in [1.807, 2.05) is 6.07 Å². The Kier molecular flexibility index (Phi) is 8.31. The molecule has 0 spiro atoms. The maximum atomic E-state index is 4.17. The van der Waals surface area contributed by atoms with E-state index in [2.05, 4.69) is 48.4 Å². The molecule has 0 bridgehead atoms. The molecule has 106 valence electrons. The number of rotatable bonds is 10. The number of nitrogens with one attached hydrogen (secondary N) is 1. The predicted octanol–water partition coefficient (Wildman–Crippen LogP) is 5.52. The van der Waals surface area contributed by atoms with Gasteiger partial charge in [0.2, 0.25) is 0 Å². The van der Waals surface area contributed by atoms with Crippen molar-refractivity contribution < 1.29 is 0 Å². The molecule has 0 aliphatic heterocycles. The molecule has 2 heteroatoms. The first-order valence-electron chi connectivity index (χ1n) is 7.27. The van der Waals surface area contributed by atoms with Gasteiger partial charge in [0.25, 0.3) is 0 Å². The zero-order valence-corrected chi connectivity index (χ0v) is 13.0. The summed E-state index contributed by atoms with van der Waals surface area (Å²) in [6.45, 7) is 6.36. The Morgan fingerprint density at radius 3 is 2.37 bits per heavy atom. The maximum absolute atomic E-state index is 4.17. The summed E-state index contributed by atoms with van der Waals surface area (Å²) in [5, 5.41) is 0. The molecule has 1 rings (SSSR count). The van der Waals surface area contributed by atoms with Crippen LogP contribution in [0.1, 0.15) is 51.9 Å². The van der Waals surface area contributed by atoms with Crippen LogP contribution in [-0.2, 0) is 0 Å². The van der Waals surface area contributed by atoms with Crippen molar-refractivity contribution in [1.29, 1.82) is 0 Å². The third kappa shape index (κ3) is 7.22. The van der Waals surface area contributed by atoms with Crippen molar-refractivity contribution in [2.24, 2.45) is 0 Å². The molecule has 1 nitrogen and oxygen atoms in total. The Bertz CT molecular complexity index is 384. The van der Waals surface area contributed by atoms with Crippen LogP contribution >= 0.6 is 10.7 Å². The van der Waals surface area contributed by atoms with E-state index in [1.54, 1.807) is 0 Å².